The zero-order valence-corrected chi connectivity index (χ0v) is 15.6. The second kappa shape index (κ2) is 7.19. The Morgan fingerprint density at radius 2 is 1.67 bits per heavy atom. The Labute approximate surface area is 157 Å². The highest BCUT2D eigenvalue weighted by molar-refractivity contribution is 6.42. The highest BCUT2D eigenvalue weighted by Gasteiger charge is 2.18. The number of fused-ring (bicyclic) bond motifs is 1. The van der Waals surface area contributed by atoms with E-state index >= 15 is 0 Å². The van der Waals surface area contributed by atoms with Gasteiger partial charge in [0.1, 0.15) is 0 Å². The largest absolute Gasteiger partial charge is 0.345 e. The summed E-state index contributed by atoms with van der Waals surface area (Å²) in [5.74, 6) is -1.28. The van der Waals surface area contributed by atoms with Crippen LogP contribution >= 0.6 is 0 Å². The molecule has 1 heterocycles. The van der Waals surface area contributed by atoms with E-state index < -0.39 is 11.7 Å². The Morgan fingerprint density at radius 3 is 2.33 bits per heavy atom. The molecule has 0 aliphatic heterocycles. The molecule has 0 radical (unpaired) electrons. The van der Waals surface area contributed by atoms with Crippen molar-refractivity contribution in [1.29, 1.82) is 0 Å². The molecule has 27 heavy (non-hydrogen) atoms. The number of pyridine rings is 1. The average molecular weight is 362 g/mol. The lowest BCUT2D eigenvalue weighted by atomic mass is 9.86. The van der Waals surface area contributed by atoms with Crippen LogP contribution in [-0.2, 0) is 16.8 Å². The van der Waals surface area contributed by atoms with Crippen LogP contribution in [-0.4, -0.2) is 16.7 Å². The third kappa shape index (κ3) is 4.14. The van der Waals surface area contributed by atoms with E-state index in [0.717, 1.165) is 10.9 Å². The maximum absolute atomic E-state index is 12.4. The number of rotatable bonds is 4. The maximum Gasteiger partial charge on any atom is 0.292 e. The first-order valence-electron chi connectivity index (χ1n) is 8.80. The molecular weight excluding hydrogens is 340 g/mol. The van der Waals surface area contributed by atoms with Crippen molar-refractivity contribution in [2.45, 2.75) is 32.7 Å². The molecule has 0 spiro atoms. The number of H-pyrrole nitrogens is 1. The molecule has 0 aliphatic carbocycles. The topological polar surface area (TPSA) is 79.0 Å². The van der Waals surface area contributed by atoms with Gasteiger partial charge in [0.15, 0.2) is 0 Å². The molecule has 0 aliphatic rings. The molecule has 0 unspecified atom stereocenters. The number of benzene rings is 2. The number of aromatic amines is 1. The lowest BCUT2D eigenvalue weighted by Crippen LogP contribution is -2.31. The van der Waals surface area contributed by atoms with Crippen LogP contribution in [0.1, 0.15) is 42.3 Å². The molecule has 5 heteroatoms. The van der Waals surface area contributed by atoms with Crippen LogP contribution in [0.2, 0.25) is 0 Å². The van der Waals surface area contributed by atoms with Gasteiger partial charge in [0.05, 0.1) is 0 Å². The van der Waals surface area contributed by atoms with Gasteiger partial charge in [-0.25, -0.2) is 0 Å². The van der Waals surface area contributed by atoms with Crippen molar-refractivity contribution in [2.75, 3.05) is 0 Å². The van der Waals surface area contributed by atoms with Crippen molar-refractivity contribution >= 4 is 22.6 Å². The highest BCUT2D eigenvalue weighted by Crippen LogP contribution is 2.22. The van der Waals surface area contributed by atoms with E-state index in [1.54, 1.807) is 18.2 Å². The van der Waals surface area contributed by atoms with Gasteiger partial charge in [-0.15, -0.1) is 0 Å². The van der Waals surface area contributed by atoms with Crippen LogP contribution in [0, 0.1) is 0 Å². The van der Waals surface area contributed by atoms with Crippen LogP contribution in [0.3, 0.4) is 0 Å². The first kappa shape index (κ1) is 18.6. The van der Waals surface area contributed by atoms with Crippen molar-refractivity contribution in [1.82, 2.24) is 10.3 Å². The minimum atomic E-state index is -0.692. The Bertz CT molecular complexity index is 1060. The fourth-order valence-electron chi connectivity index (χ4n) is 2.93. The molecule has 0 fully saturated rings. The molecule has 2 N–H and O–H groups in total. The molecule has 138 valence electrons. The molecule has 1 aromatic heterocycles. The van der Waals surface area contributed by atoms with Gasteiger partial charge in [-0.2, -0.15) is 0 Å². The van der Waals surface area contributed by atoms with E-state index in [0.29, 0.717) is 16.6 Å². The standard InChI is InChI=1S/C22H22N2O3/c1-22(2,3)16-10-8-14(9-11-16)20(26)21(27)23-13-15-12-19(25)24-18-7-5-4-6-17(15)18/h4-12H,13H2,1-3H3,(H,23,27)(H,24,25). The summed E-state index contributed by atoms with van der Waals surface area (Å²) in [6, 6.07) is 15.8. The number of nitrogens with one attached hydrogen (secondary N) is 2. The van der Waals surface area contributed by atoms with Crippen LogP contribution in [0.15, 0.2) is 59.4 Å². The number of hydrogen-bond acceptors (Lipinski definition) is 3. The van der Waals surface area contributed by atoms with E-state index in [9.17, 15) is 14.4 Å². The molecule has 3 rings (SSSR count). The lowest BCUT2D eigenvalue weighted by molar-refractivity contribution is -0.117. The van der Waals surface area contributed by atoms with E-state index in [2.05, 4.69) is 31.1 Å². The summed E-state index contributed by atoms with van der Waals surface area (Å²) in [7, 11) is 0. The number of hydrogen-bond donors (Lipinski definition) is 2. The van der Waals surface area contributed by atoms with E-state index in [1.807, 2.05) is 30.3 Å². The van der Waals surface area contributed by atoms with Crippen LogP contribution in [0.5, 0.6) is 0 Å². The third-order valence-electron chi connectivity index (χ3n) is 4.49. The lowest BCUT2D eigenvalue weighted by Gasteiger charge is -2.18. The second-order valence-corrected chi connectivity index (χ2v) is 7.54. The maximum atomic E-state index is 12.4. The Hall–Kier alpha value is -3.21. The number of carbonyl (C=O) groups is 2. The first-order chi connectivity index (χ1) is 12.8. The molecule has 2 aromatic carbocycles. The molecule has 0 saturated heterocycles. The molecule has 3 aromatic rings. The molecule has 1 amide bonds. The van der Waals surface area contributed by atoms with E-state index in [4.69, 9.17) is 0 Å². The Kier molecular flexibility index (Phi) is 4.95. The van der Waals surface area contributed by atoms with Crippen LogP contribution < -0.4 is 10.9 Å². The van der Waals surface area contributed by atoms with Crippen molar-refractivity contribution in [3.8, 4) is 0 Å². The van der Waals surface area contributed by atoms with Gasteiger partial charge < -0.3 is 10.3 Å². The number of amides is 1. The van der Waals surface area contributed by atoms with Crippen LogP contribution in [0.25, 0.3) is 10.9 Å². The summed E-state index contributed by atoms with van der Waals surface area (Å²) in [6.45, 7) is 6.36. The van der Waals surface area contributed by atoms with Crippen LogP contribution in [0.4, 0.5) is 0 Å². The minimum absolute atomic E-state index is 0.0226. The zero-order valence-electron chi connectivity index (χ0n) is 15.6. The van der Waals surface area contributed by atoms with Crippen molar-refractivity contribution in [2.24, 2.45) is 0 Å². The second-order valence-electron chi connectivity index (χ2n) is 7.54. The SMILES string of the molecule is CC(C)(C)c1ccc(C(=O)C(=O)NCc2cc(=O)[nH]c3ccccc23)cc1. The van der Waals surface area contributed by atoms with E-state index in [1.165, 1.54) is 6.07 Å². The molecule has 0 bridgehead atoms. The zero-order chi connectivity index (χ0) is 19.6. The first-order valence-corrected chi connectivity index (χ1v) is 8.80. The van der Waals surface area contributed by atoms with Crippen molar-refractivity contribution < 1.29 is 9.59 Å². The van der Waals surface area contributed by atoms with Gasteiger partial charge >= 0.3 is 0 Å². The number of para-hydroxylation sites is 1. The Morgan fingerprint density at radius 1 is 1.00 bits per heavy atom. The van der Waals surface area contributed by atoms with Crippen molar-refractivity contribution in [3.63, 3.8) is 0 Å². The Balaban J connectivity index is 1.75. The summed E-state index contributed by atoms with van der Waals surface area (Å²) < 4.78 is 0. The van der Waals surface area contributed by atoms with Gasteiger partial charge in [-0.1, -0.05) is 63.2 Å². The normalized spacial score (nSPS) is 11.4. The van der Waals surface area contributed by atoms with Gasteiger partial charge in [0, 0.05) is 29.1 Å². The highest BCUT2D eigenvalue weighted by atomic mass is 16.2. The van der Waals surface area contributed by atoms with Gasteiger partial charge in [0.2, 0.25) is 11.3 Å². The fourth-order valence-corrected chi connectivity index (χ4v) is 2.93. The van der Waals surface area contributed by atoms with Gasteiger partial charge in [-0.05, 0) is 22.6 Å². The predicted octanol–water partition coefficient (Wildman–Crippen LogP) is 3.32. The average Bonchev–Trinajstić information content (AvgIpc) is 2.64. The monoisotopic (exact) mass is 362 g/mol. The smallest absolute Gasteiger partial charge is 0.292 e. The fraction of sp³-hybridized carbons (Fsp3) is 0.227. The summed E-state index contributed by atoms with van der Waals surface area (Å²) in [4.78, 5) is 39.2. The number of carbonyl (C=O) groups excluding carboxylic acids is 2. The number of aromatic nitrogens is 1. The minimum Gasteiger partial charge on any atom is -0.345 e. The summed E-state index contributed by atoms with van der Waals surface area (Å²) in [6.07, 6.45) is 0. The third-order valence-corrected chi connectivity index (χ3v) is 4.49. The summed E-state index contributed by atoms with van der Waals surface area (Å²) in [5.41, 5.74) is 2.52. The van der Waals surface area contributed by atoms with E-state index in [-0.39, 0.29) is 17.5 Å². The molecule has 0 atom stereocenters. The molecule has 0 saturated carbocycles. The molecule has 5 nitrogen and oxygen atoms in total. The number of ketones is 1. The molecular formula is C22H22N2O3. The summed E-state index contributed by atoms with van der Waals surface area (Å²) in [5, 5.41) is 3.45. The van der Waals surface area contributed by atoms with Gasteiger partial charge in [0.25, 0.3) is 5.91 Å². The summed E-state index contributed by atoms with van der Waals surface area (Å²) >= 11 is 0. The quantitative estimate of drug-likeness (QED) is 0.552. The van der Waals surface area contributed by atoms with Gasteiger partial charge in [-0.3, -0.25) is 14.4 Å². The van der Waals surface area contributed by atoms with Crippen molar-refractivity contribution in [3.05, 3.63) is 81.6 Å². The predicted molar refractivity (Wildman–Crippen MR) is 106 cm³/mol. The number of Topliss-reactive ketones (excluding diaryl/α,β-unsaturated/α-hetero) is 1.